The van der Waals surface area contributed by atoms with Gasteiger partial charge in [-0.2, -0.15) is 0 Å². The molecule has 54 heavy (non-hydrogen) atoms. The Labute approximate surface area is 335 Å². The largest absolute Gasteiger partial charge is 0.756 e. The van der Waals surface area contributed by atoms with Crippen molar-refractivity contribution in [1.82, 2.24) is 5.32 Å². The fraction of sp³-hybridized carbons (Fsp3) is 0.933. The normalized spacial score (nSPS) is 14.4. The number of phosphoric acid groups is 1. The van der Waals surface area contributed by atoms with E-state index in [0.717, 1.165) is 38.5 Å². The first-order valence-corrected chi connectivity index (χ1v) is 24.5. The van der Waals surface area contributed by atoms with E-state index in [1.807, 2.05) is 21.1 Å². The molecule has 0 aliphatic heterocycles. The van der Waals surface area contributed by atoms with Crippen LogP contribution >= 0.6 is 7.82 Å². The van der Waals surface area contributed by atoms with Crippen LogP contribution < -0.4 is 10.2 Å². The minimum Gasteiger partial charge on any atom is -0.756 e. The highest BCUT2D eigenvalue weighted by atomic mass is 31.2. The number of carbonyl (C=O) groups is 1. The third-order valence-electron chi connectivity index (χ3n) is 10.5. The SMILES string of the molecule is CCCCCCCCCC/C=C\CCCCCCCCCC(=O)NC(COP(=O)([O-])OCC[N+](C)(C)C)C(O)CCCCCCCCCCCCCCC. The number of unbranched alkanes of at least 4 members (excludes halogenated alkanes) is 27. The van der Waals surface area contributed by atoms with Crippen molar-refractivity contribution in [2.45, 2.75) is 231 Å². The number of nitrogens with one attached hydrogen (secondary N) is 1. The van der Waals surface area contributed by atoms with E-state index >= 15 is 0 Å². The number of hydrogen-bond acceptors (Lipinski definition) is 6. The van der Waals surface area contributed by atoms with Crippen LogP contribution in [-0.4, -0.2) is 68.5 Å². The number of nitrogens with zero attached hydrogens (tertiary/aromatic N) is 1. The zero-order chi connectivity index (χ0) is 40.0. The van der Waals surface area contributed by atoms with Gasteiger partial charge >= 0.3 is 0 Å². The number of hydrogen-bond donors (Lipinski definition) is 2. The molecule has 0 bridgehead atoms. The van der Waals surface area contributed by atoms with E-state index in [1.54, 1.807) is 0 Å². The highest BCUT2D eigenvalue weighted by molar-refractivity contribution is 7.45. The Hall–Kier alpha value is -0.760. The van der Waals surface area contributed by atoms with Crippen LogP contribution in [0.2, 0.25) is 0 Å². The highest BCUT2D eigenvalue weighted by Gasteiger charge is 2.24. The van der Waals surface area contributed by atoms with Gasteiger partial charge in [0, 0.05) is 6.42 Å². The van der Waals surface area contributed by atoms with E-state index in [1.165, 1.54) is 154 Å². The molecule has 0 aliphatic rings. The Bertz CT molecular complexity index is 896. The van der Waals surface area contributed by atoms with Gasteiger partial charge in [0.15, 0.2) is 0 Å². The van der Waals surface area contributed by atoms with Crippen LogP contribution in [0.4, 0.5) is 0 Å². The van der Waals surface area contributed by atoms with Crippen molar-refractivity contribution in [3.63, 3.8) is 0 Å². The van der Waals surface area contributed by atoms with Crippen molar-refractivity contribution >= 4 is 13.7 Å². The first kappa shape index (κ1) is 53.2. The standard InChI is InChI=1S/C45H91N2O6P/c1-6-8-10-12-14-16-18-20-21-22-23-24-25-27-29-31-33-35-37-39-45(49)46-43(42-53-54(50,51)52-41-40-47(3,4)5)44(48)38-36-34-32-30-28-26-19-17-15-13-11-9-7-2/h22-23,43-44,48H,6-21,24-42H2,1-5H3,(H-,46,49,50,51)/b23-22-. The zero-order valence-electron chi connectivity index (χ0n) is 36.4. The Kier molecular flexibility index (Phi) is 37.3. The minimum atomic E-state index is -4.56. The molecule has 3 atom stereocenters. The van der Waals surface area contributed by atoms with E-state index < -0.39 is 20.0 Å². The molecule has 8 nitrogen and oxygen atoms in total. The van der Waals surface area contributed by atoms with Gasteiger partial charge in [0.25, 0.3) is 7.82 Å². The third-order valence-corrected chi connectivity index (χ3v) is 11.5. The summed E-state index contributed by atoms with van der Waals surface area (Å²) in [4.78, 5) is 25.3. The Morgan fingerprint density at radius 2 is 1.02 bits per heavy atom. The summed E-state index contributed by atoms with van der Waals surface area (Å²) in [6.45, 7) is 4.72. The molecule has 0 saturated heterocycles. The van der Waals surface area contributed by atoms with E-state index in [-0.39, 0.29) is 19.1 Å². The van der Waals surface area contributed by atoms with Crippen molar-refractivity contribution in [2.24, 2.45) is 0 Å². The lowest BCUT2D eigenvalue weighted by atomic mass is 10.0. The maximum atomic E-state index is 12.9. The number of allylic oxidation sites excluding steroid dienone is 2. The number of amides is 1. The Morgan fingerprint density at radius 1 is 0.630 bits per heavy atom. The predicted molar refractivity (Wildman–Crippen MR) is 229 cm³/mol. The second-order valence-corrected chi connectivity index (χ2v) is 18.5. The summed E-state index contributed by atoms with van der Waals surface area (Å²) in [6, 6.07) is -0.798. The molecular formula is C45H91N2O6P. The van der Waals surface area contributed by atoms with Crippen LogP contribution in [0, 0.1) is 0 Å². The second-order valence-electron chi connectivity index (χ2n) is 17.1. The van der Waals surface area contributed by atoms with Crippen molar-refractivity contribution in [1.29, 1.82) is 0 Å². The smallest absolute Gasteiger partial charge is 0.268 e. The summed E-state index contributed by atoms with van der Waals surface area (Å²) in [5, 5.41) is 13.9. The number of rotatable bonds is 42. The molecule has 2 N–H and O–H groups in total. The monoisotopic (exact) mass is 787 g/mol. The molecule has 3 unspecified atom stereocenters. The predicted octanol–water partition coefficient (Wildman–Crippen LogP) is 12.1. The van der Waals surface area contributed by atoms with Crippen LogP contribution in [0.5, 0.6) is 0 Å². The van der Waals surface area contributed by atoms with Crippen LogP contribution in [0.25, 0.3) is 0 Å². The number of aliphatic hydroxyl groups is 1. The molecule has 0 heterocycles. The van der Waals surface area contributed by atoms with Gasteiger partial charge in [-0.1, -0.05) is 187 Å². The van der Waals surface area contributed by atoms with Gasteiger partial charge in [-0.25, -0.2) is 0 Å². The van der Waals surface area contributed by atoms with Gasteiger partial charge in [0.1, 0.15) is 13.2 Å². The maximum absolute atomic E-state index is 12.9. The topological polar surface area (TPSA) is 108 Å². The van der Waals surface area contributed by atoms with Crippen molar-refractivity contribution < 1.29 is 32.9 Å². The summed E-state index contributed by atoms with van der Waals surface area (Å²) in [7, 11) is 1.31. The van der Waals surface area contributed by atoms with Gasteiger partial charge in [-0.3, -0.25) is 9.36 Å². The van der Waals surface area contributed by atoms with Crippen molar-refractivity contribution in [2.75, 3.05) is 40.9 Å². The molecule has 0 fully saturated rings. The summed E-state index contributed by atoms with van der Waals surface area (Å²) in [5.41, 5.74) is 0. The lowest BCUT2D eigenvalue weighted by Crippen LogP contribution is -2.46. The molecule has 0 aromatic carbocycles. The van der Waals surface area contributed by atoms with Gasteiger partial charge < -0.3 is 28.8 Å². The number of phosphoric ester groups is 1. The quantitative estimate of drug-likeness (QED) is 0.0276. The first-order valence-electron chi connectivity index (χ1n) is 23.0. The second kappa shape index (κ2) is 37.8. The number of aliphatic hydroxyl groups excluding tert-OH is 1. The molecule has 9 heteroatoms. The average Bonchev–Trinajstić information content (AvgIpc) is 3.12. The molecule has 0 spiro atoms. The Balaban J connectivity index is 4.31. The Morgan fingerprint density at radius 3 is 1.44 bits per heavy atom. The average molecular weight is 787 g/mol. The highest BCUT2D eigenvalue weighted by Crippen LogP contribution is 2.38. The number of quaternary nitrogens is 1. The molecule has 0 aliphatic carbocycles. The summed E-state index contributed by atoms with van der Waals surface area (Å²) in [5.74, 6) is -0.168. The van der Waals surface area contributed by atoms with E-state index in [2.05, 4.69) is 31.3 Å². The lowest BCUT2D eigenvalue weighted by molar-refractivity contribution is -0.870. The lowest BCUT2D eigenvalue weighted by Gasteiger charge is -2.30. The van der Waals surface area contributed by atoms with Crippen molar-refractivity contribution in [3.05, 3.63) is 12.2 Å². The molecule has 0 saturated carbocycles. The number of carbonyl (C=O) groups excluding carboxylic acids is 1. The fourth-order valence-electron chi connectivity index (χ4n) is 6.80. The molecule has 1 amide bonds. The van der Waals surface area contributed by atoms with Gasteiger partial charge in [0.05, 0.1) is 39.9 Å². The zero-order valence-corrected chi connectivity index (χ0v) is 37.3. The molecule has 0 rings (SSSR count). The fourth-order valence-corrected chi connectivity index (χ4v) is 7.52. The molecule has 0 radical (unpaired) electrons. The first-order chi connectivity index (χ1) is 26.0. The van der Waals surface area contributed by atoms with E-state index in [4.69, 9.17) is 9.05 Å². The summed E-state index contributed by atoms with van der Waals surface area (Å²) in [6.07, 6.45) is 42.1. The van der Waals surface area contributed by atoms with Gasteiger partial charge in [0.2, 0.25) is 5.91 Å². The molecule has 322 valence electrons. The van der Waals surface area contributed by atoms with Gasteiger partial charge in [-0.05, 0) is 38.5 Å². The summed E-state index contributed by atoms with van der Waals surface area (Å²) >= 11 is 0. The van der Waals surface area contributed by atoms with Crippen molar-refractivity contribution in [3.8, 4) is 0 Å². The van der Waals surface area contributed by atoms with Crippen LogP contribution in [-0.2, 0) is 18.4 Å². The molecule has 0 aromatic heterocycles. The van der Waals surface area contributed by atoms with E-state index in [9.17, 15) is 19.4 Å². The van der Waals surface area contributed by atoms with Gasteiger partial charge in [-0.15, -0.1) is 0 Å². The number of likely N-dealkylation sites (N-methyl/N-ethyl adjacent to an activating group) is 1. The maximum Gasteiger partial charge on any atom is 0.268 e. The summed E-state index contributed by atoms with van der Waals surface area (Å²) < 4.78 is 23.3. The molecule has 0 aromatic rings. The van der Waals surface area contributed by atoms with Crippen LogP contribution in [0.3, 0.4) is 0 Å². The van der Waals surface area contributed by atoms with E-state index in [0.29, 0.717) is 23.9 Å². The molecular weight excluding hydrogens is 695 g/mol. The van der Waals surface area contributed by atoms with Crippen LogP contribution in [0.1, 0.15) is 219 Å². The third kappa shape index (κ3) is 39.5. The van der Waals surface area contributed by atoms with Crippen LogP contribution in [0.15, 0.2) is 12.2 Å². The minimum absolute atomic E-state index is 0.0132.